The summed E-state index contributed by atoms with van der Waals surface area (Å²) in [4.78, 5) is 7.73. The van der Waals surface area contributed by atoms with E-state index in [4.69, 9.17) is 39.5 Å². The molecular formula is C8H5Cl3N4O. The van der Waals surface area contributed by atoms with Crippen molar-refractivity contribution in [3.63, 3.8) is 0 Å². The van der Waals surface area contributed by atoms with Crippen LogP contribution in [0.2, 0.25) is 15.2 Å². The number of rotatable bonds is 2. The van der Waals surface area contributed by atoms with Gasteiger partial charge in [-0.3, -0.25) is 4.68 Å². The van der Waals surface area contributed by atoms with E-state index in [1.165, 1.54) is 17.1 Å². The van der Waals surface area contributed by atoms with Gasteiger partial charge in [0.05, 0.1) is 5.02 Å². The molecule has 5 nitrogen and oxygen atoms in total. The van der Waals surface area contributed by atoms with Gasteiger partial charge in [-0.1, -0.05) is 34.8 Å². The number of ether oxygens (including phenoxy) is 1. The highest BCUT2D eigenvalue weighted by Crippen LogP contribution is 2.31. The van der Waals surface area contributed by atoms with Gasteiger partial charge in [0, 0.05) is 7.05 Å². The summed E-state index contributed by atoms with van der Waals surface area (Å²) in [7, 11) is 1.71. The lowest BCUT2D eigenvalue weighted by Gasteiger charge is -2.03. The second-order valence-electron chi connectivity index (χ2n) is 2.85. The predicted molar refractivity (Wildman–Crippen MR) is 60.3 cm³/mol. The summed E-state index contributed by atoms with van der Waals surface area (Å²) in [5.41, 5.74) is 0. The molecule has 0 aromatic carbocycles. The van der Waals surface area contributed by atoms with Gasteiger partial charge in [0.2, 0.25) is 5.88 Å². The van der Waals surface area contributed by atoms with Gasteiger partial charge in [-0.05, 0) is 6.07 Å². The van der Waals surface area contributed by atoms with Gasteiger partial charge >= 0.3 is 6.01 Å². The molecule has 0 saturated carbocycles. The van der Waals surface area contributed by atoms with Crippen LogP contribution in [0.15, 0.2) is 12.4 Å². The van der Waals surface area contributed by atoms with Crippen LogP contribution < -0.4 is 4.74 Å². The lowest BCUT2D eigenvalue weighted by Crippen LogP contribution is -1.93. The van der Waals surface area contributed by atoms with Gasteiger partial charge in [-0.2, -0.15) is 9.97 Å². The summed E-state index contributed by atoms with van der Waals surface area (Å²) in [5.74, 6) is 0.113. The molecule has 2 heterocycles. The van der Waals surface area contributed by atoms with E-state index in [9.17, 15) is 0 Å². The zero-order valence-electron chi connectivity index (χ0n) is 7.99. The van der Waals surface area contributed by atoms with Crippen molar-refractivity contribution in [3.05, 3.63) is 27.6 Å². The van der Waals surface area contributed by atoms with Gasteiger partial charge in [0.15, 0.2) is 5.15 Å². The highest BCUT2D eigenvalue weighted by molar-refractivity contribution is 6.42. The van der Waals surface area contributed by atoms with Crippen molar-refractivity contribution in [2.45, 2.75) is 0 Å². The fraction of sp³-hybridized carbons (Fsp3) is 0.125. The van der Waals surface area contributed by atoms with Crippen LogP contribution in [0.25, 0.3) is 0 Å². The third kappa shape index (κ3) is 2.37. The van der Waals surface area contributed by atoms with Gasteiger partial charge in [-0.25, -0.2) is 0 Å². The van der Waals surface area contributed by atoms with E-state index in [2.05, 4.69) is 15.1 Å². The fourth-order valence-electron chi connectivity index (χ4n) is 0.953. The first-order chi connectivity index (χ1) is 7.56. The molecule has 2 rings (SSSR count). The molecule has 0 amide bonds. The lowest BCUT2D eigenvalue weighted by atomic mass is 10.5. The molecule has 0 aliphatic rings. The number of halogens is 3. The number of aromatic nitrogens is 4. The Kier molecular flexibility index (Phi) is 3.18. The zero-order chi connectivity index (χ0) is 11.7. The number of nitrogens with zero attached hydrogens (tertiary/aromatic N) is 4. The third-order valence-corrected chi connectivity index (χ3v) is 2.56. The first kappa shape index (κ1) is 11.4. The number of aryl methyl sites for hydroxylation is 1. The van der Waals surface area contributed by atoms with Crippen LogP contribution in [0, 0.1) is 0 Å². The smallest absolute Gasteiger partial charge is 0.342 e. The summed E-state index contributed by atoms with van der Waals surface area (Å²) < 4.78 is 6.72. The van der Waals surface area contributed by atoms with E-state index in [1.54, 1.807) is 7.05 Å². The highest BCUT2D eigenvalue weighted by atomic mass is 35.5. The lowest BCUT2D eigenvalue weighted by molar-refractivity contribution is 0.423. The Morgan fingerprint density at radius 3 is 2.62 bits per heavy atom. The molecule has 0 aliphatic carbocycles. The van der Waals surface area contributed by atoms with E-state index in [-0.39, 0.29) is 27.1 Å². The minimum absolute atomic E-state index is 0.108. The van der Waals surface area contributed by atoms with Crippen molar-refractivity contribution < 1.29 is 4.74 Å². The molecule has 16 heavy (non-hydrogen) atoms. The highest BCUT2D eigenvalue weighted by Gasteiger charge is 2.11. The van der Waals surface area contributed by atoms with Crippen molar-refractivity contribution in [1.29, 1.82) is 0 Å². The Labute approximate surface area is 106 Å². The summed E-state index contributed by atoms with van der Waals surface area (Å²) in [5, 5.41) is 4.51. The van der Waals surface area contributed by atoms with Crippen LogP contribution in [-0.2, 0) is 7.05 Å². The van der Waals surface area contributed by atoms with Crippen LogP contribution in [0.1, 0.15) is 0 Å². The molecule has 0 saturated heterocycles. The average Bonchev–Trinajstić information content (AvgIpc) is 2.60. The Morgan fingerprint density at radius 2 is 2.00 bits per heavy atom. The topological polar surface area (TPSA) is 52.8 Å². The molecule has 2 aromatic rings. The molecule has 0 N–H and O–H groups in total. The van der Waals surface area contributed by atoms with Crippen LogP contribution in [-0.4, -0.2) is 19.7 Å². The van der Waals surface area contributed by atoms with E-state index in [0.717, 1.165) is 0 Å². The molecule has 0 bridgehead atoms. The molecule has 0 spiro atoms. The summed E-state index contributed by atoms with van der Waals surface area (Å²) in [6, 6.07) is 1.58. The predicted octanol–water partition coefficient (Wildman–Crippen LogP) is 2.96. The minimum Gasteiger partial charge on any atom is -0.402 e. The Bertz CT molecular complexity index is 528. The number of hydrogen-bond acceptors (Lipinski definition) is 4. The van der Waals surface area contributed by atoms with E-state index in [0.29, 0.717) is 0 Å². The van der Waals surface area contributed by atoms with E-state index >= 15 is 0 Å². The van der Waals surface area contributed by atoms with Gasteiger partial charge in [0.1, 0.15) is 11.3 Å². The quantitative estimate of drug-likeness (QED) is 0.793. The van der Waals surface area contributed by atoms with Crippen molar-refractivity contribution in [1.82, 2.24) is 19.7 Å². The van der Waals surface area contributed by atoms with E-state index in [1.807, 2.05) is 0 Å². The van der Waals surface area contributed by atoms with Crippen LogP contribution in [0.4, 0.5) is 0 Å². The molecule has 84 valence electrons. The number of pyridine rings is 1. The van der Waals surface area contributed by atoms with Crippen molar-refractivity contribution in [3.8, 4) is 11.9 Å². The SMILES string of the molecule is Cn1cnc(Oc2nc(Cl)c(Cl)cc2Cl)n1. The average molecular weight is 280 g/mol. The number of hydrogen-bond donors (Lipinski definition) is 0. The van der Waals surface area contributed by atoms with Gasteiger partial charge in [0.25, 0.3) is 0 Å². The first-order valence-corrected chi connectivity index (χ1v) is 5.24. The van der Waals surface area contributed by atoms with Gasteiger partial charge in [-0.15, -0.1) is 5.10 Å². The molecule has 0 radical (unpaired) electrons. The van der Waals surface area contributed by atoms with Crippen molar-refractivity contribution >= 4 is 34.8 Å². The van der Waals surface area contributed by atoms with Crippen LogP contribution >= 0.6 is 34.8 Å². The normalized spacial score (nSPS) is 10.5. The summed E-state index contributed by atoms with van der Waals surface area (Å²) in [6.07, 6.45) is 1.49. The zero-order valence-corrected chi connectivity index (χ0v) is 10.3. The minimum atomic E-state index is 0.108. The van der Waals surface area contributed by atoms with Gasteiger partial charge < -0.3 is 4.74 Å². The van der Waals surface area contributed by atoms with Crippen LogP contribution in [0.3, 0.4) is 0 Å². The molecule has 2 aromatic heterocycles. The second kappa shape index (κ2) is 4.45. The van der Waals surface area contributed by atoms with Crippen molar-refractivity contribution in [2.75, 3.05) is 0 Å². The maximum Gasteiger partial charge on any atom is 0.342 e. The molecule has 0 aliphatic heterocycles. The largest absolute Gasteiger partial charge is 0.402 e. The third-order valence-electron chi connectivity index (χ3n) is 1.62. The summed E-state index contributed by atoms with van der Waals surface area (Å²) >= 11 is 17.3. The van der Waals surface area contributed by atoms with E-state index < -0.39 is 0 Å². The Morgan fingerprint density at radius 1 is 1.25 bits per heavy atom. The first-order valence-electron chi connectivity index (χ1n) is 4.11. The maximum absolute atomic E-state index is 5.87. The molecule has 0 fully saturated rings. The monoisotopic (exact) mass is 278 g/mol. The fourth-order valence-corrected chi connectivity index (χ4v) is 1.48. The molecule has 0 atom stereocenters. The Hall–Kier alpha value is -1.04. The standard InChI is InChI=1S/C8H5Cl3N4O/c1-15-3-12-8(14-15)16-7-5(10)2-4(9)6(11)13-7/h2-3H,1H3. The van der Waals surface area contributed by atoms with Crippen molar-refractivity contribution in [2.24, 2.45) is 7.05 Å². The Balaban J connectivity index is 2.31. The second-order valence-corrected chi connectivity index (χ2v) is 4.02. The van der Waals surface area contributed by atoms with Crippen LogP contribution in [0.5, 0.6) is 11.9 Å². The molecule has 8 heteroatoms. The molecular weight excluding hydrogens is 274 g/mol. The molecule has 0 unspecified atom stereocenters. The maximum atomic E-state index is 5.87. The summed E-state index contributed by atoms with van der Waals surface area (Å²) in [6.45, 7) is 0.